The molecule has 0 unspecified atom stereocenters. The number of nitriles is 1. The van der Waals surface area contributed by atoms with Crippen molar-refractivity contribution in [2.75, 3.05) is 5.43 Å². The van der Waals surface area contributed by atoms with Gasteiger partial charge in [-0.05, 0) is 35.4 Å². The molecule has 1 heterocycles. The SMILES string of the molecule is N#CC1=CN(Cc2ccccc2)C=C(/C=N/Nc2ccc(F)cc2)C1. The number of rotatable bonds is 5. The van der Waals surface area contributed by atoms with Crippen molar-refractivity contribution in [1.82, 2.24) is 4.90 Å². The number of benzene rings is 2. The van der Waals surface area contributed by atoms with E-state index in [2.05, 4.69) is 16.6 Å². The second kappa shape index (κ2) is 7.93. The Labute approximate surface area is 146 Å². The van der Waals surface area contributed by atoms with E-state index < -0.39 is 0 Å². The summed E-state index contributed by atoms with van der Waals surface area (Å²) in [4.78, 5) is 1.98. The number of hydrogen-bond acceptors (Lipinski definition) is 4. The molecule has 25 heavy (non-hydrogen) atoms. The summed E-state index contributed by atoms with van der Waals surface area (Å²) in [6.45, 7) is 0.689. The van der Waals surface area contributed by atoms with E-state index in [1.165, 1.54) is 12.1 Å². The first-order valence-corrected chi connectivity index (χ1v) is 7.89. The highest BCUT2D eigenvalue weighted by atomic mass is 19.1. The Morgan fingerprint density at radius 3 is 2.60 bits per heavy atom. The van der Waals surface area contributed by atoms with Gasteiger partial charge in [-0.3, -0.25) is 5.43 Å². The van der Waals surface area contributed by atoms with Crippen LogP contribution in [0.1, 0.15) is 12.0 Å². The van der Waals surface area contributed by atoms with E-state index in [4.69, 9.17) is 0 Å². The van der Waals surface area contributed by atoms with E-state index in [0.717, 1.165) is 11.1 Å². The smallest absolute Gasteiger partial charge is 0.123 e. The molecular formula is C20H17FN4. The lowest BCUT2D eigenvalue weighted by Gasteiger charge is -2.21. The number of nitrogens with zero attached hydrogens (tertiary/aromatic N) is 3. The lowest BCUT2D eigenvalue weighted by atomic mass is 10.1. The third-order valence-corrected chi connectivity index (χ3v) is 3.67. The van der Waals surface area contributed by atoms with Crippen LogP contribution in [0.5, 0.6) is 0 Å². The van der Waals surface area contributed by atoms with Gasteiger partial charge in [-0.15, -0.1) is 0 Å². The highest BCUT2D eigenvalue weighted by Gasteiger charge is 2.11. The molecule has 4 nitrogen and oxygen atoms in total. The summed E-state index contributed by atoms with van der Waals surface area (Å²) >= 11 is 0. The average molecular weight is 332 g/mol. The van der Waals surface area contributed by atoms with Crippen molar-refractivity contribution in [1.29, 1.82) is 5.26 Å². The van der Waals surface area contributed by atoms with E-state index in [1.54, 1.807) is 18.3 Å². The summed E-state index contributed by atoms with van der Waals surface area (Å²) in [5.74, 6) is -0.287. The maximum atomic E-state index is 12.9. The third kappa shape index (κ3) is 4.79. The molecule has 0 spiro atoms. The zero-order valence-corrected chi connectivity index (χ0v) is 13.6. The van der Waals surface area contributed by atoms with Crippen molar-refractivity contribution < 1.29 is 4.39 Å². The van der Waals surface area contributed by atoms with E-state index in [0.29, 0.717) is 24.2 Å². The highest BCUT2D eigenvalue weighted by molar-refractivity contribution is 5.80. The number of hydrogen-bond donors (Lipinski definition) is 1. The molecule has 2 aromatic carbocycles. The van der Waals surface area contributed by atoms with Crippen LogP contribution in [-0.4, -0.2) is 11.1 Å². The monoisotopic (exact) mass is 332 g/mol. The first-order chi connectivity index (χ1) is 12.2. The molecule has 2 aromatic rings. The maximum absolute atomic E-state index is 12.9. The van der Waals surface area contributed by atoms with Crippen LogP contribution in [-0.2, 0) is 6.54 Å². The van der Waals surface area contributed by atoms with Crippen molar-refractivity contribution in [3.63, 3.8) is 0 Å². The second-order valence-corrected chi connectivity index (χ2v) is 5.68. The summed E-state index contributed by atoms with van der Waals surface area (Å²) in [7, 11) is 0. The largest absolute Gasteiger partial charge is 0.349 e. The molecule has 3 rings (SSSR count). The van der Waals surface area contributed by atoms with Gasteiger partial charge in [0.25, 0.3) is 0 Å². The molecule has 0 saturated heterocycles. The Morgan fingerprint density at radius 2 is 1.88 bits per heavy atom. The number of allylic oxidation sites excluding steroid dienone is 2. The van der Waals surface area contributed by atoms with E-state index in [9.17, 15) is 9.65 Å². The summed E-state index contributed by atoms with van der Waals surface area (Å²) in [6, 6.07) is 18.3. The Morgan fingerprint density at radius 1 is 1.12 bits per heavy atom. The van der Waals surface area contributed by atoms with Gasteiger partial charge >= 0.3 is 0 Å². The molecule has 5 heteroatoms. The molecule has 0 atom stereocenters. The summed E-state index contributed by atoms with van der Waals surface area (Å²) in [6.07, 6.45) is 6.06. The third-order valence-electron chi connectivity index (χ3n) is 3.67. The van der Waals surface area contributed by atoms with Crippen LogP contribution in [0.3, 0.4) is 0 Å². The zero-order valence-electron chi connectivity index (χ0n) is 13.6. The Hall–Kier alpha value is -3.39. The minimum atomic E-state index is -0.287. The van der Waals surface area contributed by atoms with E-state index >= 15 is 0 Å². The van der Waals surface area contributed by atoms with E-state index in [1.807, 2.05) is 47.6 Å². The molecule has 124 valence electrons. The summed E-state index contributed by atoms with van der Waals surface area (Å²) < 4.78 is 12.9. The van der Waals surface area contributed by atoms with Gasteiger partial charge in [0, 0.05) is 25.4 Å². The number of hydrazone groups is 1. The minimum Gasteiger partial charge on any atom is -0.349 e. The van der Waals surface area contributed by atoms with Crippen LogP contribution in [0.4, 0.5) is 10.1 Å². The number of anilines is 1. The molecule has 0 fully saturated rings. The quantitative estimate of drug-likeness (QED) is 0.651. The fourth-order valence-corrected chi connectivity index (χ4v) is 2.51. The molecular weight excluding hydrogens is 315 g/mol. The lowest BCUT2D eigenvalue weighted by molar-refractivity contribution is 0.487. The highest BCUT2D eigenvalue weighted by Crippen LogP contribution is 2.19. The lowest BCUT2D eigenvalue weighted by Crippen LogP contribution is -2.15. The van der Waals surface area contributed by atoms with Crippen LogP contribution < -0.4 is 5.43 Å². The topological polar surface area (TPSA) is 51.4 Å². The molecule has 1 aliphatic rings. The van der Waals surface area contributed by atoms with Crippen molar-refractivity contribution in [2.24, 2.45) is 5.10 Å². The Bertz CT molecular complexity index is 846. The van der Waals surface area contributed by atoms with Crippen LogP contribution in [0, 0.1) is 17.1 Å². The van der Waals surface area contributed by atoms with Gasteiger partial charge in [0.15, 0.2) is 0 Å². The van der Waals surface area contributed by atoms with E-state index in [-0.39, 0.29) is 5.82 Å². The first kappa shape index (κ1) is 16.5. The predicted octanol–water partition coefficient (Wildman–Crippen LogP) is 4.42. The Kier molecular flexibility index (Phi) is 5.22. The fraction of sp³-hybridized carbons (Fsp3) is 0.100. The normalized spacial score (nSPS) is 14.0. The summed E-state index contributed by atoms with van der Waals surface area (Å²) in [5.41, 5.74) is 6.32. The second-order valence-electron chi connectivity index (χ2n) is 5.68. The van der Waals surface area contributed by atoms with Crippen LogP contribution >= 0.6 is 0 Å². The van der Waals surface area contributed by atoms with Gasteiger partial charge in [0.05, 0.1) is 23.5 Å². The van der Waals surface area contributed by atoms with Gasteiger partial charge in [0.2, 0.25) is 0 Å². The standard InChI is InChI=1S/C20H17FN4/c21-19-6-8-20(9-7-19)24-23-12-18-10-17(11-22)14-25(15-18)13-16-4-2-1-3-5-16/h1-9,12,14-15,24H,10,13H2/b23-12+. The van der Waals surface area contributed by atoms with Gasteiger partial charge in [-0.25, -0.2) is 4.39 Å². The molecule has 0 aromatic heterocycles. The van der Waals surface area contributed by atoms with Crippen molar-refractivity contribution in [3.05, 3.63) is 89.5 Å². The number of nitrogens with one attached hydrogen (secondary N) is 1. The van der Waals surface area contributed by atoms with Crippen molar-refractivity contribution in [3.8, 4) is 6.07 Å². The molecule has 0 radical (unpaired) electrons. The van der Waals surface area contributed by atoms with Crippen molar-refractivity contribution >= 4 is 11.9 Å². The summed E-state index contributed by atoms with van der Waals surface area (Å²) in [5, 5.41) is 13.4. The van der Waals surface area contributed by atoms with Crippen LogP contribution in [0.25, 0.3) is 0 Å². The number of halogens is 1. The zero-order chi connectivity index (χ0) is 17.5. The molecule has 1 aliphatic heterocycles. The first-order valence-electron chi connectivity index (χ1n) is 7.89. The fourth-order valence-electron chi connectivity index (χ4n) is 2.51. The van der Waals surface area contributed by atoms with Crippen molar-refractivity contribution in [2.45, 2.75) is 13.0 Å². The molecule has 0 amide bonds. The predicted molar refractivity (Wildman–Crippen MR) is 96.9 cm³/mol. The minimum absolute atomic E-state index is 0.287. The van der Waals surface area contributed by atoms with Gasteiger partial charge in [0.1, 0.15) is 5.82 Å². The molecule has 0 saturated carbocycles. The Balaban J connectivity index is 1.68. The van der Waals surface area contributed by atoms with Crippen LogP contribution in [0.15, 0.2) is 83.2 Å². The molecule has 0 bridgehead atoms. The van der Waals surface area contributed by atoms with Gasteiger partial charge in [-0.2, -0.15) is 10.4 Å². The van der Waals surface area contributed by atoms with Gasteiger partial charge < -0.3 is 4.90 Å². The average Bonchev–Trinajstić information content (AvgIpc) is 2.64. The van der Waals surface area contributed by atoms with Crippen LogP contribution in [0.2, 0.25) is 0 Å². The van der Waals surface area contributed by atoms with Gasteiger partial charge in [-0.1, -0.05) is 30.3 Å². The molecule has 0 aliphatic carbocycles. The molecule has 1 N–H and O–H groups in total. The maximum Gasteiger partial charge on any atom is 0.123 e.